The van der Waals surface area contributed by atoms with Gasteiger partial charge in [0.1, 0.15) is 22.3 Å². The first-order chi connectivity index (χ1) is 13.8. The van der Waals surface area contributed by atoms with E-state index in [-0.39, 0.29) is 5.82 Å². The molecule has 2 heterocycles. The van der Waals surface area contributed by atoms with Gasteiger partial charge in [0.05, 0.1) is 5.39 Å². The highest BCUT2D eigenvalue weighted by Crippen LogP contribution is 2.40. The summed E-state index contributed by atoms with van der Waals surface area (Å²) in [6.45, 7) is 0.654. The van der Waals surface area contributed by atoms with Gasteiger partial charge in [-0.3, -0.25) is 0 Å². The van der Waals surface area contributed by atoms with Gasteiger partial charge in [-0.05, 0) is 61.8 Å². The summed E-state index contributed by atoms with van der Waals surface area (Å²) >= 11 is 1.87. The van der Waals surface area contributed by atoms with Gasteiger partial charge in [-0.25, -0.2) is 14.4 Å². The molecule has 1 aromatic carbocycles. The summed E-state index contributed by atoms with van der Waals surface area (Å²) in [5, 5.41) is 4.81. The second-order valence-electron chi connectivity index (χ2n) is 8.14. The first kappa shape index (κ1) is 18.0. The number of fused-ring (bicyclic) bond motifs is 3. The quantitative estimate of drug-likeness (QED) is 0.558. The predicted octanol–water partition coefficient (Wildman–Crippen LogP) is 6.37. The molecule has 1 fully saturated rings. The highest BCUT2D eigenvalue weighted by molar-refractivity contribution is 7.19. The Morgan fingerprint density at radius 2 is 1.75 bits per heavy atom. The maximum Gasteiger partial charge on any atom is 0.139 e. The lowest BCUT2D eigenvalue weighted by Crippen LogP contribution is -2.11. The van der Waals surface area contributed by atoms with Crippen LogP contribution in [0.25, 0.3) is 10.2 Å². The topological polar surface area (TPSA) is 37.8 Å². The summed E-state index contributed by atoms with van der Waals surface area (Å²) in [5.41, 5.74) is 2.53. The number of hydrogen-bond donors (Lipinski definition) is 1. The maximum atomic E-state index is 13.2. The maximum absolute atomic E-state index is 13.2. The standard InChI is InChI=1S/C23H26FN3S/c24-17-12-10-15(11-13-17)14-25-22-20-18-8-4-5-9-19(18)28-23(20)27-21(26-22)16-6-2-1-3-7-16/h10-13,16H,1-9,14H2,(H,25,26,27). The number of benzene rings is 1. The molecule has 5 heteroatoms. The third-order valence-electron chi connectivity index (χ3n) is 6.18. The second kappa shape index (κ2) is 7.78. The number of nitrogens with one attached hydrogen (secondary N) is 1. The molecule has 2 aliphatic rings. The highest BCUT2D eigenvalue weighted by Gasteiger charge is 2.24. The number of nitrogens with zero attached hydrogens (tertiary/aromatic N) is 2. The van der Waals surface area contributed by atoms with Crippen LogP contribution < -0.4 is 5.32 Å². The predicted molar refractivity (Wildman–Crippen MR) is 114 cm³/mol. The molecule has 0 bridgehead atoms. The fourth-order valence-corrected chi connectivity index (χ4v) is 5.90. The van der Waals surface area contributed by atoms with Crippen molar-refractivity contribution in [3.05, 3.63) is 51.9 Å². The summed E-state index contributed by atoms with van der Waals surface area (Å²) in [4.78, 5) is 12.8. The Bertz CT molecular complexity index is 974. The Balaban J connectivity index is 1.53. The van der Waals surface area contributed by atoms with E-state index >= 15 is 0 Å². The van der Waals surface area contributed by atoms with Crippen LogP contribution in [-0.4, -0.2) is 9.97 Å². The van der Waals surface area contributed by atoms with E-state index in [0.717, 1.165) is 28.5 Å². The Hall–Kier alpha value is -2.01. The van der Waals surface area contributed by atoms with Crippen molar-refractivity contribution in [3.8, 4) is 0 Å². The summed E-state index contributed by atoms with van der Waals surface area (Å²) in [6.07, 6.45) is 11.1. The molecule has 3 nitrogen and oxygen atoms in total. The summed E-state index contributed by atoms with van der Waals surface area (Å²) in [7, 11) is 0. The van der Waals surface area contributed by atoms with Crippen LogP contribution in [-0.2, 0) is 19.4 Å². The lowest BCUT2D eigenvalue weighted by molar-refractivity contribution is 0.430. The minimum Gasteiger partial charge on any atom is -0.365 e. The molecule has 2 aliphatic carbocycles. The zero-order valence-corrected chi connectivity index (χ0v) is 17.0. The van der Waals surface area contributed by atoms with Gasteiger partial charge in [-0.2, -0.15) is 0 Å². The van der Waals surface area contributed by atoms with E-state index in [1.54, 1.807) is 0 Å². The van der Waals surface area contributed by atoms with Gasteiger partial charge >= 0.3 is 0 Å². The van der Waals surface area contributed by atoms with Gasteiger partial charge in [-0.1, -0.05) is 31.4 Å². The first-order valence-electron chi connectivity index (χ1n) is 10.6. The van der Waals surface area contributed by atoms with Crippen molar-refractivity contribution >= 4 is 27.4 Å². The molecule has 0 amide bonds. The van der Waals surface area contributed by atoms with E-state index in [9.17, 15) is 4.39 Å². The fourth-order valence-electron chi connectivity index (χ4n) is 4.63. The monoisotopic (exact) mass is 395 g/mol. The second-order valence-corrected chi connectivity index (χ2v) is 9.22. The van der Waals surface area contributed by atoms with Crippen LogP contribution in [0.2, 0.25) is 0 Å². The van der Waals surface area contributed by atoms with Crippen molar-refractivity contribution in [1.82, 2.24) is 9.97 Å². The van der Waals surface area contributed by atoms with Crippen LogP contribution in [0.15, 0.2) is 24.3 Å². The molecule has 0 aliphatic heterocycles. The summed E-state index contributed by atoms with van der Waals surface area (Å²) < 4.78 is 13.2. The largest absolute Gasteiger partial charge is 0.365 e. The van der Waals surface area contributed by atoms with Crippen molar-refractivity contribution in [2.24, 2.45) is 0 Å². The minimum atomic E-state index is -0.195. The number of anilines is 1. The molecule has 28 heavy (non-hydrogen) atoms. The number of aryl methyl sites for hydroxylation is 2. The molecule has 0 unspecified atom stereocenters. The normalized spacial score (nSPS) is 17.6. The number of thiophene rings is 1. The number of halogens is 1. The van der Waals surface area contributed by atoms with Crippen LogP contribution in [0.5, 0.6) is 0 Å². The van der Waals surface area contributed by atoms with E-state index in [0.29, 0.717) is 12.5 Å². The SMILES string of the molecule is Fc1ccc(CNc2nc(C3CCCCC3)nc3sc4c(c23)CCCC4)cc1. The molecule has 0 spiro atoms. The van der Waals surface area contributed by atoms with E-state index in [2.05, 4.69) is 5.32 Å². The molecule has 3 aromatic rings. The van der Waals surface area contributed by atoms with Gasteiger partial charge in [0.2, 0.25) is 0 Å². The van der Waals surface area contributed by atoms with Crippen molar-refractivity contribution in [3.63, 3.8) is 0 Å². The Morgan fingerprint density at radius 3 is 2.57 bits per heavy atom. The summed E-state index contributed by atoms with van der Waals surface area (Å²) in [6, 6.07) is 6.72. The van der Waals surface area contributed by atoms with Gasteiger partial charge in [-0.15, -0.1) is 11.3 Å². The van der Waals surface area contributed by atoms with Crippen LogP contribution in [0.3, 0.4) is 0 Å². The zero-order valence-electron chi connectivity index (χ0n) is 16.1. The molecular weight excluding hydrogens is 369 g/mol. The number of hydrogen-bond acceptors (Lipinski definition) is 4. The van der Waals surface area contributed by atoms with E-state index in [1.165, 1.54) is 79.3 Å². The Labute approximate surface area is 169 Å². The average molecular weight is 396 g/mol. The molecule has 0 radical (unpaired) electrons. The van der Waals surface area contributed by atoms with Crippen LogP contribution in [0.1, 0.15) is 72.7 Å². The van der Waals surface area contributed by atoms with Crippen molar-refractivity contribution in [2.75, 3.05) is 5.32 Å². The van der Waals surface area contributed by atoms with E-state index in [4.69, 9.17) is 9.97 Å². The van der Waals surface area contributed by atoms with Crippen molar-refractivity contribution < 1.29 is 4.39 Å². The van der Waals surface area contributed by atoms with Gasteiger partial charge < -0.3 is 5.32 Å². The average Bonchev–Trinajstić information content (AvgIpc) is 3.12. The third-order valence-corrected chi connectivity index (χ3v) is 7.36. The van der Waals surface area contributed by atoms with Crippen molar-refractivity contribution in [1.29, 1.82) is 0 Å². The van der Waals surface area contributed by atoms with E-state index < -0.39 is 0 Å². The molecular formula is C23H26FN3S. The third kappa shape index (κ3) is 3.52. The van der Waals surface area contributed by atoms with Gasteiger partial charge in [0, 0.05) is 17.3 Å². The van der Waals surface area contributed by atoms with Gasteiger partial charge in [0.25, 0.3) is 0 Å². The summed E-state index contributed by atoms with van der Waals surface area (Å²) in [5.74, 6) is 2.30. The molecule has 146 valence electrons. The number of aromatic nitrogens is 2. The molecule has 0 saturated heterocycles. The van der Waals surface area contributed by atoms with Gasteiger partial charge in [0.15, 0.2) is 0 Å². The molecule has 5 rings (SSSR count). The van der Waals surface area contributed by atoms with Crippen LogP contribution in [0, 0.1) is 5.82 Å². The molecule has 0 atom stereocenters. The Morgan fingerprint density at radius 1 is 0.964 bits per heavy atom. The Kier molecular flexibility index (Phi) is 5.02. The smallest absolute Gasteiger partial charge is 0.139 e. The molecule has 2 aromatic heterocycles. The fraction of sp³-hybridized carbons (Fsp3) is 0.478. The minimum absolute atomic E-state index is 0.195. The van der Waals surface area contributed by atoms with Crippen LogP contribution in [0.4, 0.5) is 10.2 Å². The highest BCUT2D eigenvalue weighted by atomic mass is 32.1. The molecule has 1 N–H and O–H groups in total. The molecule has 1 saturated carbocycles. The lowest BCUT2D eigenvalue weighted by atomic mass is 9.88. The zero-order chi connectivity index (χ0) is 18.9. The number of rotatable bonds is 4. The first-order valence-corrected chi connectivity index (χ1v) is 11.4. The van der Waals surface area contributed by atoms with Crippen LogP contribution >= 0.6 is 11.3 Å². The van der Waals surface area contributed by atoms with E-state index in [1.807, 2.05) is 23.5 Å². The van der Waals surface area contributed by atoms with Crippen molar-refractivity contribution in [2.45, 2.75) is 70.3 Å². The lowest BCUT2D eigenvalue weighted by Gasteiger charge is -2.21.